The van der Waals surface area contributed by atoms with Gasteiger partial charge in [-0.3, -0.25) is 9.69 Å². The van der Waals surface area contributed by atoms with Gasteiger partial charge < -0.3 is 14.6 Å². The number of benzene rings is 1. The number of hydrogen-bond donors (Lipinski definition) is 1. The summed E-state index contributed by atoms with van der Waals surface area (Å²) in [6.45, 7) is 5.29. The molecule has 2 aromatic rings. The van der Waals surface area contributed by atoms with Crippen molar-refractivity contribution >= 4 is 5.97 Å². The maximum absolute atomic E-state index is 11.3. The lowest BCUT2D eigenvalue weighted by Crippen LogP contribution is -2.32. The number of carbonyl (C=O) groups is 1. The molecule has 0 radical (unpaired) electrons. The van der Waals surface area contributed by atoms with Gasteiger partial charge in [-0.05, 0) is 89.1 Å². The Hall–Kier alpha value is -2.45. The van der Waals surface area contributed by atoms with E-state index in [1.165, 1.54) is 12.8 Å². The predicted molar refractivity (Wildman–Crippen MR) is 125 cm³/mol. The monoisotopic (exact) mass is 456 g/mol. The highest BCUT2D eigenvalue weighted by Gasteiger charge is 2.30. The molecule has 1 aromatic heterocycles. The van der Waals surface area contributed by atoms with Crippen LogP contribution in [0.2, 0.25) is 0 Å². The quantitative estimate of drug-likeness (QED) is 0.540. The van der Waals surface area contributed by atoms with Crippen LogP contribution in [-0.2, 0) is 23.2 Å². The standard InChI is InChI=1S/C25H36N4O4/c1-16-12-19(10-11-23(16)33-21-7-5-6-20(13-21)25(30)31)24-22(29(4)27-26-24)14-32-15-28(3)17(2)18-8-9-18/h10-12,17-18,20-21H,5-9,13-15H2,1-4H3,(H,30,31)/t17-,20+,21+/m1/s1. The van der Waals surface area contributed by atoms with Gasteiger partial charge in [0.15, 0.2) is 0 Å². The molecule has 8 nitrogen and oxygen atoms in total. The summed E-state index contributed by atoms with van der Waals surface area (Å²) in [5.41, 5.74) is 3.72. The second-order valence-corrected chi connectivity index (χ2v) is 9.74. The third kappa shape index (κ3) is 5.73. The zero-order valence-corrected chi connectivity index (χ0v) is 20.2. The first kappa shape index (κ1) is 23.7. The van der Waals surface area contributed by atoms with E-state index in [1.807, 2.05) is 26.1 Å². The largest absolute Gasteiger partial charge is 0.490 e. The van der Waals surface area contributed by atoms with Gasteiger partial charge in [0, 0.05) is 18.7 Å². The fourth-order valence-corrected chi connectivity index (χ4v) is 4.69. The van der Waals surface area contributed by atoms with E-state index in [2.05, 4.69) is 35.2 Å². The summed E-state index contributed by atoms with van der Waals surface area (Å²) in [6, 6.07) is 6.55. The van der Waals surface area contributed by atoms with E-state index in [-0.39, 0.29) is 12.0 Å². The van der Waals surface area contributed by atoms with Crippen LogP contribution < -0.4 is 4.74 Å². The summed E-state index contributed by atoms with van der Waals surface area (Å²) in [5, 5.41) is 17.9. The van der Waals surface area contributed by atoms with Gasteiger partial charge in [-0.25, -0.2) is 4.68 Å². The van der Waals surface area contributed by atoms with Crippen molar-refractivity contribution in [2.75, 3.05) is 13.8 Å². The molecule has 2 aliphatic carbocycles. The van der Waals surface area contributed by atoms with E-state index in [1.54, 1.807) is 4.68 Å². The Kier molecular flexibility index (Phi) is 7.34. The van der Waals surface area contributed by atoms with Gasteiger partial charge in [-0.15, -0.1) is 5.10 Å². The second kappa shape index (κ2) is 10.2. The van der Waals surface area contributed by atoms with Crippen LogP contribution in [0.4, 0.5) is 0 Å². The third-order valence-corrected chi connectivity index (χ3v) is 7.19. The van der Waals surface area contributed by atoms with E-state index in [0.29, 0.717) is 25.8 Å². The van der Waals surface area contributed by atoms with Gasteiger partial charge in [0.05, 0.1) is 31.1 Å². The lowest BCUT2D eigenvalue weighted by molar-refractivity contribution is -0.143. The lowest BCUT2D eigenvalue weighted by atomic mass is 9.87. The van der Waals surface area contributed by atoms with Gasteiger partial charge in [0.2, 0.25) is 0 Å². The molecule has 0 spiro atoms. The molecule has 180 valence electrons. The van der Waals surface area contributed by atoms with Gasteiger partial charge in [0.1, 0.15) is 11.4 Å². The summed E-state index contributed by atoms with van der Waals surface area (Å²) in [4.78, 5) is 13.6. The molecule has 3 atom stereocenters. The summed E-state index contributed by atoms with van der Waals surface area (Å²) in [7, 11) is 4.00. The number of carboxylic acid groups (broad SMARTS) is 1. The van der Waals surface area contributed by atoms with Crippen LogP contribution in [0, 0.1) is 18.8 Å². The minimum Gasteiger partial charge on any atom is -0.490 e. The van der Waals surface area contributed by atoms with E-state index in [4.69, 9.17) is 9.47 Å². The Morgan fingerprint density at radius 3 is 2.79 bits per heavy atom. The number of hydrogen-bond acceptors (Lipinski definition) is 6. The number of aryl methyl sites for hydroxylation is 2. The zero-order valence-electron chi connectivity index (χ0n) is 20.2. The predicted octanol–water partition coefficient (Wildman–Crippen LogP) is 4.02. The third-order valence-electron chi connectivity index (χ3n) is 7.19. The van der Waals surface area contributed by atoms with Crippen LogP contribution in [0.3, 0.4) is 0 Å². The number of rotatable bonds is 10. The van der Waals surface area contributed by atoms with Crippen molar-refractivity contribution in [3.05, 3.63) is 29.5 Å². The molecule has 2 aliphatic rings. The van der Waals surface area contributed by atoms with E-state index in [9.17, 15) is 9.90 Å². The summed E-state index contributed by atoms with van der Waals surface area (Å²) in [5.74, 6) is 0.574. The fraction of sp³-hybridized carbons (Fsp3) is 0.640. The van der Waals surface area contributed by atoms with Crippen LogP contribution in [0.25, 0.3) is 11.3 Å². The van der Waals surface area contributed by atoms with Crippen molar-refractivity contribution in [2.24, 2.45) is 18.9 Å². The molecule has 0 aliphatic heterocycles. The molecule has 1 N–H and O–H groups in total. The Morgan fingerprint density at radius 2 is 2.09 bits per heavy atom. The highest BCUT2D eigenvalue weighted by Crippen LogP contribution is 2.35. The smallest absolute Gasteiger partial charge is 0.306 e. The first-order chi connectivity index (χ1) is 15.8. The Bertz CT molecular complexity index is 971. The second-order valence-electron chi connectivity index (χ2n) is 9.74. The van der Waals surface area contributed by atoms with E-state index >= 15 is 0 Å². The van der Waals surface area contributed by atoms with Gasteiger partial charge in [-0.2, -0.15) is 0 Å². The Balaban J connectivity index is 1.40. The highest BCUT2D eigenvalue weighted by molar-refractivity contribution is 5.70. The summed E-state index contributed by atoms with van der Waals surface area (Å²) >= 11 is 0. The number of aromatic nitrogens is 3. The van der Waals surface area contributed by atoms with E-state index < -0.39 is 5.97 Å². The van der Waals surface area contributed by atoms with Crippen molar-refractivity contribution in [1.29, 1.82) is 0 Å². The molecular weight excluding hydrogens is 420 g/mol. The molecule has 33 heavy (non-hydrogen) atoms. The normalized spacial score (nSPS) is 21.8. The molecule has 2 fully saturated rings. The van der Waals surface area contributed by atoms with Crippen LogP contribution >= 0.6 is 0 Å². The summed E-state index contributed by atoms with van der Waals surface area (Å²) < 4.78 is 14.0. The minimum absolute atomic E-state index is 0.0556. The van der Waals surface area contributed by atoms with Crippen LogP contribution in [0.5, 0.6) is 5.75 Å². The first-order valence-electron chi connectivity index (χ1n) is 12.0. The van der Waals surface area contributed by atoms with Crippen LogP contribution in [0.15, 0.2) is 18.2 Å². The molecule has 1 heterocycles. The fourth-order valence-electron chi connectivity index (χ4n) is 4.69. The average molecular weight is 457 g/mol. The van der Waals surface area contributed by atoms with Gasteiger partial charge in [0.25, 0.3) is 0 Å². The zero-order chi connectivity index (χ0) is 23.5. The van der Waals surface area contributed by atoms with Crippen molar-refractivity contribution in [3.8, 4) is 17.0 Å². The molecule has 8 heteroatoms. The molecule has 0 amide bonds. The SMILES string of the molecule is Cc1cc(-c2nnn(C)c2COCN(C)[C@H](C)C2CC2)ccc1O[C@H]1CCC[C@H](C(=O)O)C1. The molecule has 0 bridgehead atoms. The minimum atomic E-state index is -0.721. The maximum Gasteiger partial charge on any atom is 0.306 e. The molecule has 0 saturated heterocycles. The number of nitrogens with zero attached hydrogens (tertiary/aromatic N) is 4. The maximum atomic E-state index is 11.3. The topological polar surface area (TPSA) is 89.7 Å². The number of carboxylic acids is 1. The molecule has 0 unspecified atom stereocenters. The molecule has 4 rings (SSSR count). The van der Waals surface area contributed by atoms with Crippen molar-refractivity contribution < 1.29 is 19.4 Å². The lowest BCUT2D eigenvalue weighted by Gasteiger charge is -2.28. The van der Waals surface area contributed by atoms with Crippen molar-refractivity contribution in [1.82, 2.24) is 19.9 Å². The number of aliphatic carboxylic acids is 1. The highest BCUT2D eigenvalue weighted by atomic mass is 16.5. The van der Waals surface area contributed by atoms with Gasteiger partial charge >= 0.3 is 5.97 Å². The average Bonchev–Trinajstić information content (AvgIpc) is 3.58. The van der Waals surface area contributed by atoms with Crippen LogP contribution in [0.1, 0.15) is 56.7 Å². The van der Waals surface area contributed by atoms with Crippen molar-refractivity contribution in [3.63, 3.8) is 0 Å². The molecular formula is C25H36N4O4. The summed E-state index contributed by atoms with van der Waals surface area (Å²) in [6.07, 6.45) is 5.67. The Labute approximate surface area is 195 Å². The van der Waals surface area contributed by atoms with Crippen molar-refractivity contribution in [2.45, 2.75) is 71.1 Å². The first-order valence-corrected chi connectivity index (χ1v) is 12.0. The van der Waals surface area contributed by atoms with Crippen LogP contribution in [-0.4, -0.2) is 56.9 Å². The Morgan fingerprint density at radius 1 is 1.30 bits per heavy atom. The molecule has 1 aromatic carbocycles. The van der Waals surface area contributed by atoms with Gasteiger partial charge in [-0.1, -0.05) is 5.21 Å². The number of ether oxygens (including phenoxy) is 2. The molecule has 2 saturated carbocycles. The van der Waals surface area contributed by atoms with E-state index in [0.717, 1.165) is 53.4 Å².